The molecule has 4 rings (SSSR count). The molecule has 3 aromatic rings. The van der Waals surface area contributed by atoms with Gasteiger partial charge in [-0.1, -0.05) is 30.3 Å². The number of carbonyl (C=O) groups excluding carboxylic acids is 1. The number of benzene rings is 2. The Morgan fingerprint density at radius 2 is 1.74 bits per heavy atom. The maximum atomic E-state index is 13.0. The molecule has 0 bridgehead atoms. The number of aromatic nitrogens is 2. The highest BCUT2D eigenvalue weighted by Crippen LogP contribution is 2.39. The molecule has 1 atom stereocenters. The molecule has 0 N–H and O–H groups in total. The Hall–Kier alpha value is -3.08. The van der Waals surface area contributed by atoms with Crippen LogP contribution in [-0.2, 0) is 13.5 Å². The molecule has 2 aromatic carbocycles. The fraction of sp³-hybridized carbons (Fsp3) is 0.273. The molecule has 5 heteroatoms. The van der Waals surface area contributed by atoms with Gasteiger partial charge in [-0.25, -0.2) is 0 Å². The van der Waals surface area contributed by atoms with Crippen LogP contribution in [0.3, 0.4) is 0 Å². The molecule has 1 aliphatic rings. The molecular weight excluding hydrogens is 340 g/mol. The molecule has 0 saturated carbocycles. The maximum absolute atomic E-state index is 13.0. The molecule has 1 unspecified atom stereocenters. The van der Waals surface area contributed by atoms with Crippen LogP contribution in [0.4, 0.5) is 0 Å². The van der Waals surface area contributed by atoms with E-state index in [0.717, 1.165) is 23.2 Å². The van der Waals surface area contributed by atoms with Crippen molar-refractivity contribution in [2.45, 2.75) is 18.8 Å². The summed E-state index contributed by atoms with van der Waals surface area (Å²) >= 11 is 0. The van der Waals surface area contributed by atoms with Crippen molar-refractivity contribution < 1.29 is 14.3 Å². The molecule has 27 heavy (non-hydrogen) atoms. The smallest absolute Gasteiger partial charge is 0.167 e. The SMILES string of the molecule is COc1ccc(-c2nn(C)c3c2C(=O)CC(c2ccccc2)C3)cc1OC. The first-order valence-corrected chi connectivity index (χ1v) is 8.98. The van der Waals surface area contributed by atoms with Crippen molar-refractivity contribution in [3.8, 4) is 22.8 Å². The van der Waals surface area contributed by atoms with Crippen LogP contribution >= 0.6 is 0 Å². The molecule has 0 amide bonds. The first-order chi connectivity index (χ1) is 13.1. The van der Waals surface area contributed by atoms with E-state index in [9.17, 15) is 4.79 Å². The minimum absolute atomic E-state index is 0.142. The number of rotatable bonds is 4. The van der Waals surface area contributed by atoms with Gasteiger partial charge in [0.1, 0.15) is 5.69 Å². The third kappa shape index (κ3) is 2.99. The van der Waals surface area contributed by atoms with Crippen LogP contribution in [0.1, 0.15) is 34.0 Å². The third-order valence-corrected chi connectivity index (χ3v) is 5.24. The largest absolute Gasteiger partial charge is 0.493 e. The van der Waals surface area contributed by atoms with Crippen molar-refractivity contribution in [3.63, 3.8) is 0 Å². The molecule has 0 fully saturated rings. The molecule has 5 nitrogen and oxygen atoms in total. The predicted molar refractivity (Wildman–Crippen MR) is 104 cm³/mol. The van der Waals surface area contributed by atoms with E-state index >= 15 is 0 Å². The summed E-state index contributed by atoms with van der Waals surface area (Å²) in [7, 11) is 5.11. The summed E-state index contributed by atoms with van der Waals surface area (Å²) in [6.07, 6.45) is 1.31. The zero-order chi connectivity index (χ0) is 19.0. The van der Waals surface area contributed by atoms with Crippen LogP contribution in [0.15, 0.2) is 48.5 Å². The summed E-state index contributed by atoms with van der Waals surface area (Å²) in [4.78, 5) is 13.0. The maximum Gasteiger partial charge on any atom is 0.167 e. The zero-order valence-corrected chi connectivity index (χ0v) is 15.7. The number of fused-ring (bicyclic) bond motifs is 1. The second-order valence-corrected chi connectivity index (χ2v) is 6.80. The van der Waals surface area contributed by atoms with Gasteiger partial charge in [-0.3, -0.25) is 9.48 Å². The topological polar surface area (TPSA) is 53.4 Å². The van der Waals surface area contributed by atoms with Gasteiger partial charge in [0.2, 0.25) is 0 Å². The van der Waals surface area contributed by atoms with Gasteiger partial charge < -0.3 is 9.47 Å². The van der Waals surface area contributed by atoms with E-state index in [1.165, 1.54) is 5.56 Å². The second-order valence-electron chi connectivity index (χ2n) is 6.80. The molecular formula is C22H22N2O3. The zero-order valence-electron chi connectivity index (χ0n) is 15.7. The quantitative estimate of drug-likeness (QED) is 0.703. The Bertz CT molecular complexity index is 992. The summed E-state index contributed by atoms with van der Waals surface area (Å²) in [6.45, 7) is 0. The average Bonchev–Trinajstić information content (AvgIpc) is 3.05. The second kappa shape index (κ2) is 6.91. The van der Waals surface area contributed by atoms with Crippen LogP contribution in [0, 0.1) is 0 Å². The van der Waals surface area contributed by atoms with Crippen molar-refractivity contribution >= 4 is 5.78 Å². The normalized spacial score (nSPS) is 16.1. The van der Waals surface area contributed by atoms with Crippen LogP contribution in [0.5, 0.6) is 11.5 Å². The Balaban J connectivity index is 1.76. The molecule has 0 aliphatic heterocycles. The summed E-state index contributed by atoms with van der Waals surface area (Å²) in [5, 5.41) is 4.67. The average molecular weight is 362 g/mol. The lowest BCUT2D eigenvalue weighted by molar-refractivity contribution is 0.0964. The summed E-state index contributed by atoms with van der Waals surface area (Å²) in [6, 6.07) is 15.9. The highest BCUT2D eigenvalue weighted by molar-refractivity contribution is 6.04. The van der Waals surface area contributed by atoms with E-state index in [2.05, 4.69) is 17.2 Å². The molecule has 1 aliphatic carbocycles. The van der Waals surface area contributed by atoms with Crippen LogP contribution in [0.25, 0.3) is 11.3 Å². The standard InChI is InChI=1S/C22H22N2O3/c1-24-17-11-16(14-7-5-4-6-8-14)12-18(25)21(17)22(23-24)15-9-10-19(26-2)20(13-15)27-3/h4-10,13,16H,11-12H2,1-3H3. The Morgan fingerprint density at radius 1 is 1.00 bits per heavy atom. The van der Waals surface area contributed by atoms with Crippen molar-refractivity contribution in [1.29, 1.82) is 0 Å². The van der Waals surface area contributed by atoms with Crippen molar-refractivity contribution in [2.24, 2.45) is 7.05 Å². The van der Waals surface area contributed by atoms with Crippen molar-refractivity contribution in [2.75, 3.05) is 14.2 Å². The van der Waals surface area contributed by atoms with E-state index < -0.39 is 0 Å². The first kappa shape index (κ1) is 17.3. The lowest BCUT2D eigenvalue weighted by Crippen LogP contribution is -2.20. The van der Waals surface area contributed by atoms with Gasteiger partial charge >= 0.3 is 0 Å². The lowest BCUT2D eigenvalue weighted by Gasteiger charge is -2.22. The lowest BCUT2D eigenvalue weighted by atomic mass is 9.81. The van der Waals surface area contributed by atoms with Gasteiger partial charge in [0.05, 0.1) is 25.5 Å². The van der Waals surface area contributed by atoms with Gasteiger partial charge in [0, 0.05) is 19.0 Å². The number of ketones is 1. The highest BCUT2D eigenvalue weighted by atomic mass is 16.5. The number of nitrogens with zero attached hydrogens (tertiary/aromatic N) is 2. The van der Waals surface area contributed by atoms with E-state index in [-0.39, 0.29) is 11.7 Å². The van der Waals surface area contributed by atoms with Gasteiger partial charge in [-0.05, 0) is 36.1 Å². The highest BCUT2D eigenvalue weighted by Gasteiger charge is 2.32. The van der Waals surface area contributed by atoms with Crippen molar-refractivity contribution in [3.05, 3.63) is 65.4 Å². The monoisotopic (exact) mass is 362 g/mol. The fourth-order valence-electron chi connectivity index (χ4n) is 3.86. The number of hydrogen-bond acceptors (Lipinski definition) is 4. The molecule has 0 spiro atoms. The Kier molecular flexibility index (Phi) is 4.44. The van der Waals surface area contributed by atoms with Crippen LogP contribution in [-0.4, -0.2) is 29.8 Å². The van der Waals surface area contributed by atoms with E-state index in [4.69, 9.17) is 9.47 Å². The molecule has 0 radical (unpaired) electrons. The molecule has 1 aromatic heterocycles. The molecule has 1 heterocycles. The van der Waals surface area contributed by atoms with E-state index in [1.807, 2.05) is 48.1 Å². The first-order valence-electron chi connectivity index (χ1n) is 8.98. The molecule has 0 saturated heterocycles. The van der Waals surface area contributed by atoms with Crippen molar-refractivity contribution in [1.82, 2.24) is 9.78 Å². The number of Topliss-reactive ketones (excluding diaryl/α,β-unsaturated/α-hetero) is 1. The number of hydrogen-bond donors (Lipinski definition) is 0. The fourth-order valence-corrected chi connectivity index (χ4v) is 3.86. The number of aryl methyl sites for hydroxylation is 1. The summed E-state index contributed by atoms with van der Waals surface area (Å²) in [5.41, 5.74) is 4.49. The van der Waals surface area contributed by atoms with Gasteiger partial charge in [0.15, 0.2) is 17.3 Å². The van der Waals surface area contributed by atoms with E-state index in [0.29, 0.717) is 23.6 Å². The van der Waals surface area contributed by atoms with E-state index in [1.54, 1.807) is 14.2 Å². The minimum Gasteiger partial charge on any atom is -0.493 e. The Labute approximate surface area is 158 Å². The summed E-state index contributed by atoms with van der Waals surface area (Å²) < 4.78 is 12.6. The Morgan fingerprint density at radius 3 is 2.44 bits per heavy atom. The van der Waals surface area contributed by atoms with Gasteiger partial charge in [-0.2, -0.15) is 5.10 Å². The predicted octanol–water partition coefficient (Wildman–Crippen LogP) is 4.02. The third-order valence-electron chi connectivity index (χ3n) is 5.24. The van der Waals surface area contributed by atoms with Gasteiger partial charge in [0.25, 0.3) is 0 Å². The summed E-state index contributed by atoms with van der Waals surface area (Å²) in [5.74, 6) is 1.61. The molecule has 138 valence electrons. The van der Waals surface area contributed by atoms with Crippen LogP contribution < -0.4 is 9.47 Å². The number of carbonyl (C=O) groups is 1. The minimum atomic E-state index is 0.142. The number of methoxy groups -OCH3 is 2. The van der Waals surface area contributed by atoms with Crippen LogP contribution in [0.2, 0.25) is 0 Å². The number of ether oxygens (including phenoxy) is 2. The van der Waals surface area contributed by atoms with Gasteiger partial charge in [-0.15, -0.1) is 0 Å².